The Labute approximate surface area is 124 Å². The van der Waals surface area contributed by atoms with E-state index in [9.17, 15) is 4.79 Å². The molecule has 0 unspecified atom stereocenters. The highest BCUT2D eigenvalue weighted by Gasteiger charge is 2.18. The standard InChI is InChI=1S/C15H21NOS2/c1-11(2)16(3)14(17)12-5-7-13(8-6-12)15-18-9-4-10-19-15/h5-8,11,15H,4,9-10H2,1-3H3. The fraction of sp³-hybridized carbons (Fsp3) is 0.533. The van der Waals surface area contributed by atoms with E-state index in [0.29, 0.717) is 4.58 Å². The molecule has 1 aliphatic rings. The number of carbonyl (C=O) groups is 1. The molecular weight excluding hydrogens is 274 g/mol. The molecule has 1 saturated heterocycles. The third-order valence-electron chi connectivity index (χ3n) is 3.35. The van der Waals surface area contributed by atoms with Crippen molar-refractivity contribution in [2.24, 2.45) is 0 Å². The summed E-state index contributed by atoms with van der Waals surface area (Å²) in [5, 5.41) is 0. The number of hydrogen-bond acceptors (Lipinski definition) is 3. The van der Waals surface area contributed by atoms with Gasteiger partial charge in [-0.3, -0.25) is 4.79 Å². The summed E-state index contributed by atoms with van der Waals surface area (Å²) in [5.74, 6) is 2.59. The van der Waals surface area contributed by atoms with Crippen LogP contribution in [-0.4, -0.2) is 35.4 Å². The summed E-state index contributed by atoms with van der Waals surface area (Å²) in [6.45, 7) is 4.06. The largest absolute Gasteiger partial charge is 0.339 e. The zero-order valence-corrected chi connectivity index (χ0v) is 13.4. The Morgan fingerprint density at radius 1 is 1.21 bits per heavy atom. The molecule has 0 aliphatic carbocycles. The Bertz CT molecular complexity index is 424. The maximum absolute atomic E-state index is 12.2. The van der Waals surface area contributed by atoms with Crippen LogP contribution in [0, 0.1) is 0 Å². The van der Waals surface area contributed by atoms with Crippen LogP contribution in [0.1, 0.15) is 40.8 Å². The fourth-order valence-electron chi connectivity index (χ4n) is 1.90. The van der Waals surface area contributed by atoms with Gasteiger partial charge in [-0.1, -0.05) is 12.1 Å². The van der Waals surface area contributed by atoms with Crippen LogP contribution in [0.3, 0.4) is 0 Å². The second-order valence-electron chi connectivity index (χ2n) is 5.06. The van der Waals surface area contributed by atoms with Crippen LogP contribution in [-0.2, 0) is 0 Å². The molecular formula is C15H21NOS2. The lowest BCUT2D eigenvalue weighted by Crippen LogP contribution is -2.32. The van der Waals surface area contributed by atoms with Gasteiger partial charge in [0.15, 0.2) is 0 Å². The molecule has 2 nitrogen and oxygen atoms in total. The summed E-state index contributed by atoms with van der Waals surface area (Å²) in [6, 6.07) is 8.38. The van der Waals surface area contributed by atoms with E-state index in [4.69, 9.17) is 0 Å². The van der Waals surface area contributed by atoms with Gasteiger partial charge in [0.2, 0.25) is 0 Å². The molecule has 1 amide bonds. The van der Waals surface area contributed by atoms with Crippen LogP contribution >= 0.6 is 23.5 Å². The average Bonchev–Trinajstić information content (AvgIpc) is 2.46. The monoisotopic (exact) mass is 295 g/mol. The molecule has 0 atom stereocenters. The molecule has 1 aromatic carbocycles. The molecule has 0 N–H and O–H groups in total. The highest BCUT2D eigenvalue weighted by molar-refractivity contribution is 8.16. The number of amides is 1. The van der Waals surface area contributed by atoms with Crippen molar-refractivity contribution >= 4 is 29.4 Å². The smallest absolute Gasteiger partial charge is 0.253 e. The van der Waals surface area contributed by atoms with Crippen molar-refractivity contribution in [1.29, 1.82) is 0 Å². The topological polar surface area (TPSA) is 20.3 Å². The van der Waals surface area contributed by atoms with E-state index in [2.05, 4.69) is 12.1 Å². The van der Waals surface area contributed by atoms with Crippen LogP contribution in [0.2, 0.25) is 0 Å². The Balaban J connectivity index is 2.07. The highest BCUT2D eigenvalue weighted by atomic mass is 32.2. The maximum atomic E-state index is 12.2. The molecule has 1 heterocycles. The third-order valence-corrected chi connectivity index (χ3v) is 6.37. The molecule has 0 aromatic heterocycles. The lowest BCUT2D eigenvalue weighted by Gasteiger charge is -2.23. The summed E-state index contributed by atoms with van der Waals surface area (Å²) >= 11 is 4.02. The van der Waals surface area contributed by atoms with Gasteiger partial charge in [-0.2, -0.15) is 0 Å². The SMILES string of the molecule is CC(C)N(C)C(=O)c1ccc(C2SCCCS2)cc1. The van der Waals surface area contributed by atoms with Crippen LogP contribution in [0.25, 0.3) is 0 Å². The summed E-state index contributed by atoms with van der Waals surface area (Å²) in [4.78, 5) is 14.0. The van der Waals surface area contributed by atoms with Gasteiger partial charge in [0.1, 0.15) is 0 Å². The molecule has 0 bridgehead atoms. The van der Waals surface area contributed by atoms with Crippen LogP contribution in [0.5, 0.6) is 0 Å². The van der Waals surface area contributed by atoms with Crippen LogP contribution in [0.4, 0.5) is 0 Å². The van der Waals surface area contributed by atoms with Crippen molar-refractivity contribution in [3.05, 3.63) is 35.4 Å². The molecule has 0 radical (unpaired) electrons. The number of rotatable bonds is 3. The minimum Gasteiger partial charge on any atom is -0.339 e. The Morgan fingerprint density at radius 2 is 1.79 bits per heavy atom. The van der Waals surface area contributed by atoms with E-state index in [-0.39, 0.29) is 11.9 Å². The van der Waals surface area contributed by atoms with Gasteiger partial charge in [-0.05, 0) is 49.5 Å². The first-order chi connectivity index (χ1) is 9.09. The van der Waals surface area contributed by atoms with E-state index >= 15 is 0 Å². The van der Waals surface area contributed by atoms with Crippen LogP contribution in [0.15, 0.2) is 24.3 Å². The number of benzene rings is 1. The molecule has 104 valence electrons. The molecule has 1 fully saturated rings. The Hall–Kier alpha value is -0.610. The second-order valence-corrected chi connectivity index (χ2v) is 7.78. The van der Waals surface area contributed by atoms with Crippen molar-refractivity contribution in [2.75, 3.05) is 18.6 Å². The molecule has 4 heteroatoms. The Kier molecular flexibility index (Phi) is 5.22. The molecule has 2 rings (SSSR count). The third kappa shape index (κ3) is 3.69. The van der Waals surface area contributed by atoms with Crippen molar-refractivity contribution in [1.82, 2.24) is 4.90 Å². The zero-order valence-electron chi connectivity index (χ0n) is 11.8. The van der Waals surface area contributed by atoms with Gasteiger partial charge in [0, 0.05) is 18.7 Å². The van der Waals surface area contributed by atoms with Gasteiger partial charge in [-0.15, -0.1) is 23.5 Å². The van der Waals surface area contributed by atoms with Gasteiger partial charge in [0.25, 0.3) is 5.91 Å². The first-order valence-electron chi connectivity index (χ1n) is 6.70. The predicted octanol–water partition coefficient (Wildman–Crippen LogP) is 4.04. The average molecular weight is 295 g/mol. The number of thioether (sulfide) groups is 2. The van der Waals surface area contributed by atoms with E-state index in [1.807, 2.05) is 56.6 Å². The number of carbonyl (C=O) groups excluding carboxylic acids is 1. The molecule has 19 heavy (non-hydrogen) atoms. The van der Waals surface area contributed by atoms with Gasteiger partial charge < -0.3 is 4.90 Å². The summed E-state index contributed by atoms with van der Waals surface area (Å²) in [5.41, 5.74) is 2.12. The second kappa shape index (κ2) is 6.71. The maximum Gasteiger partial charge on any atom is 0.253 e. The lowest BCUT2D eigenvalue weighted by atomic mass is 10.1. The molecule has 1 aliphatic heterocycles. The van der Waals surface area contributed by atoms with E-state index in [1.54, 1.807) is 4.90 Å². The lowest BCUT2D eigenvalue weighted by molar-refractivity contribution is 0.0755. The van der Waals surface area contributed by atoms with Gasteiger partial charge in [0.05, 0.1) is 4.58 Å². The van der Waals surface area contributed by atoms with E-state index in [1.165, 1.54) is 23.5 Å². The minimum atomic E-state index is 0.102. The van der Waals surface area contributed by atoms with Gasteiger partial charge in [-0.25, -0.2) is 0 Å². The van der Waals surface area contributed by atoms with Crippen molar-refractivity contribution in [2.45, 2.75) is 30.9 Å². The summed E-state index contributed by atoms with van der Waals surface area (Å²) < 4.78 is 0.542. The van der Waals surface area contributed by atoms with Crippen molar-refractivity contribution in [3.8, 4) is 0 Å². The van der Waals surface area contributed by atoms with Crippen molar-refractivity contribution in [3.63, 3.8) is 0 Å². The number of nitrogens with zero attached hydrogens (tertiary/aromatic N) is 1. The van der Waals surface area contributed by atoms with Crippen molar-refractivity contribution < 1.29 is 4.79 Å². The predicted molar refractivity (Wildman–Crippen MR) is 85.9 cm³/mol. The fourth-order valence-corrected chi connectivity index (χ4v) is 4.80. The molecule has 0 saturated carbocycles. The van der Waals surface area contributed by atoms with Gasteiger partial charge >= 0.3 is 0 Å². The molecule has 1 aromatic rings. The Morgan fingerprint density at radius 3 is 2.32 bits per heavy atom. The van der Waals surface area contributed by atoms with Crippen LogP contribution < -0.4 is 0 Å². The first-order valence-corrected chi connectivity index (χ1v) is 8.79. The highest BCUT2D eigenvalue weighted by Crippen LogP contribution is 2.43. The van der Waals surface area contributed by atoms with E-state index < -0.39 is 0 Å². The minimum absolute atomic E-state index is 0.102. The quantitative estimate of drug-likeness (QED) is 0.839. The summed E-state index contributed by atoms with van der Waals surface area (Å²) in [7, 11) is 1.85. The first kappa shape index (κ1) is 14.8. The normalized spacial score (nSPS) is 16.6. The summed E-state index contributed by atoms with van der Waals surface area (Å²) in [6.07, 6.45) is 1.31. The zero-order chi connectivity index (χ0) is 13.8. The molecule has 0 spiro atoms. The van der Waals surface area contributed by atoms with E-state index in [0.717, 1.165) is 5.56 Å². The number of hydrogen-bond donors (Lipinski definition) is 0.